The molecule has 4 N–H and O–H groups in total. The molecule has 5 heteroatoms. The lowest BCUT2D eigenvalue weighted by Crippen LogP contribution is -2.34. The molecule has 1 aromatic carbocycles. The van der Waals surface area contributed by atoms with Crippen LogP contribution in [0.15, 0.2) is 30.3 Å². The molecule has 2 aromatic rings. The maximum Gasteiger partial charge on any atom is 0.248 e. The summed E-state index contributed by atoms with van der Waals surface area (Å²) in [5.41, 5.74) is 7.57. The van der Waals surface area contributed by atoms with Crippen LogP contribution in [0.25, 0.3) is 10.9 Å². The minimum atomic E-state index is -1.20. The number of nitrogens with two attached hydrogens (primary N) is 1. The van der Waals surface area contributed by atoms with Gasteiger partial charge in [0.05, 0.1) is 5.52 Å². The summed E-state index contributed by atoms with van der Waals surface area (Å²) < 4.78 is 0. The number of benzene rings is 1. The molecule has 1 aromatic heterocycles. The fourth-order valence-electron chi connectivity index (χ4n) is 1.76. The second kappa shape index (κ2) is 5.01. The van der Waals surface area contributed by atoms with E-state index < -0.39 is 12.0 Å². The summed E-state index contributed by atoms with van der Waals surface area (Å²) in [6, 6.07) is 9.54. The Morgan fingerprint density at radius 1 is 1.50 bits per heavy atom. The molecular formula is C13H15N3O2. The van der Waals surface area contributed by atoms with Gasteiger partial charge in [-0.15, -0.1) is 0 Å². The van der Waals surface area contributed by atoms with Gasteiger partial charge in [0.25, 0.3) is 0 Å². The Morgan fingerprint density at radius 3 is 2.94 bits per heavy atom. The predicted octanol–water partition coefficient (Wildman–Crippen LogP) is 0.801. The smallest absolute Gasteiger partial charge is 0.248 e. The van der Waals surface area contributed by atoms with E-state index in [2.05, 4.69) is 10.3 Å². The van der Waals surface area contributed by atoms with Gasteiger partial charge in [0.2, 0.25) is 5.91 Å². The Kier molecular flexibility index (Phi) is 3.43. The number of aliphatic hydroxyl groups is 1. The lowest BCUT2D eigenvalue weighted by molar-refractivity contribution is -0.125. The summed E-state index contributed by atoms with van der Waals surface area (Å²) in [5.74, 6) is -0.738. The van der Waals surface area contributed by atoms with Gasteiger partial charge >= 0.3 is 0 Å². The van der Waals surface area contributed by atoms with Crippen LogP contribution < -0.4 is 11.1 Å². The minimum absolute atomic E-state index is 0.0861. The molecule has 1 heterocycles. The fraction of sp³-hybridized carbons (Fsp3) is 0.231. The molecule has 18 heavy (non-hydrogen) atoms. The first kappa shape index (κ1) is 12.3. The standard InChI is InChI=1S/C13H15N3O2/c1-8-6-11(15-7-12(17)13(14)18)9-4-2-3-5-10(9)16-8/h2-6,12,17H,7H2,1H3,(H2,14,18)(H,15,16). The Labute approximate surface area is 105 Å². The highest BCUT2D eigenvalue weighted by molar-refractivity contribution is 5.91. The number of aromatic nitrogens is 1. The highest BCUT2D eigenvalue weighted by atomic mass is 16.3. The summed E-state index contributed by atoms with van der Waals surface area (Å²) in [5, 5.41) is 13.3. The molecule has 94 valence electrons. The summed E-state index contributed by atoms with van der Waals surface area (Å²) >= 11 is 0. The number of anilines is 1. The van der Waals surface area contributed by atoms with Crippen molar-refractivity contribution >= 4 is 22.5 Å². The molecule has 0 saturated carbocycles. The second-order valence-electron chi connectivity index (χ2n) is 4.13. The van der Waals surface area contributed by atoms with Crippen molar-refractivity contribution in [2.24, 2.45) is 5.73 Å². The van der Waals surface area contributed by atoms with E-state index in [0.717, 1.165) is 22.3 Å². The minimum Gasteiger partial charge on any atom is -0.381 e. The Morgan fingerprint density at radius 2 is 2.22 bits per heavy atom. The molecule has 0 aliphatic carbocycles. The van der Waals surface area contributed by atoms with E-state index in [4.69, 9.17) is 5.73 Å². The van der Waals surface area contributed by atoms with E-state index in [1.807, 2.05) is 37.3 Å². The van der Waals surface area contributed by atoms with E-state index in [9.17, 15) is 9.90 Å². The third-order valence-corrected chi connectivity index (χ3v) is 2.66. The molecule has 0 aliphatic heterocycles. The number of rotatable bonds is 4. The SMILES string of the molecule is Cc1cc(NCC(O)C(N)=O)c2ccccc2n1. The van der Waals surface area contributed by atoms with Gasteiger partial charge in [0, 0.05) is 23.3 Å². The van der Waals surface area contributed by atoms with Crippen molar-refractivity contribution in [3.05, 3.63) is 36.0 Å². The van der Waals surface area contributed by atoms with Gasteiger partial charge in [0.15, 0.2) is 0 Å². The summed E-state index contributed by atoms with van der Waals surface area (Å²) in [6.07, 6.45) is -1.20. The number of fused-ring (bicyclic) bond motifs is 1. The number of aliphatic hydroxyl groups excluding tert-OH is 1. The Hall–Kier alpha value is -2.14. The lowest BCUT2D eigenvalue weighted by Gasteiger charge is -2.12. The summed E-state index contributed by atoms with van der Waals surface area (Å²) in [4.78, 5) is 15.2. The number of aryl methyl sites for hydroxylation is 1. The van der Waals surface area contributed by atoms with Gasteiger partial charge in [-0.3, -0.25) is 9.78 Å². The normalized spacial score (nSPS) is 12.3. The Bertz CT molecular complexity index is 583. The molecule has 1 atom stereocenters. The van der Waals surface area contributed by atoms with E-state index in [0.29, 0.717) is 0 Å². The van der Waals surface area contributed by atoms with Crippen LogP contribution in [-0.2, 0) is 4.79 Å². The summed E-state index contributed by atoms with van der Waals surface area (Å²) in [7, 11) is 0. The molecule has 1 amide bonds. The molecule has 1 unspecified atom stereocenters. The lowest BCUT2D eigenvalue weighted by atomic mass is 10.1. The number of amides is 1. The van der Waals surface area contributed by atoms with Gasteiger partial charge in [-0.2, -0.15) is 0 Å². The van der Waals surface area contributed by atoms with Crippen LogP contribution in [0.5, 0.6) is 0 Å². The number of pyridine rings is 1. The molecule has 5 nitrogen and oxygen atoms in total. The highest BCUT2D eigenvalue weighted by Crippen LogP contribution is 2.22. The number of carbonyl (C=O) groups is 1. The molecule has 0 saturated heterocycles. The highest BCUT2D eigenvalue weighted by Gasteiger charge is 2.11. The zero-order valence-electron chi connectivity index (χ0n) is 10.1. The molecule has 0 aliphatic rings. The number of hydrogen-bond acceptors (Lipinski definition) is 4. The molecular weight excluding hydrogens is 230 g/mol. The third kappa shape index (κ3) is 2.57. The van der Waals surface area contributed by atoms with Gasteiger partial charge in [-0.25, -0.2) is 0 Å². The first-order valence-corrected chi connectivity index (χ1v) is 5.65. The van der Waals surface area contributed by atoms with Crippen LogP contribution in [0.4, 0.5) is 5.69 Å². The molecule has 0 spiro atoms. The van der Waals surface area contributed by atoms with Crippen molar-refractivity contribution in [3.8, 4) is 0 Å². The van der Waals surface area contributed by atoms with E-state index in [1.54, 1.807) is 0 Å². The third-order valence-electron chi connectivity index (χ3n) is 2.66. The maximum atomic E-state index is 10.8. The van der Waals surface area contributed by atoms with Crippen molar-refractivity contribution in [2.45, 2.75) is 13.0 Å². The second-order valence-corrected chi connectivity index (χ2v) is 4.13. The van der Waals surface area contributed by atoms with Gasteiger partial charge in [-0.1, -0.05) is 18.2 Å². The van der Waals surface area contributed by atoms with Crippen molar-refractivity contribution in [1.82, 2.24) is 4.98 Å². The topological polar surface area (TPSA) is 88.2 Å². The largest absolute Gasteiger partial charge is 0.381 e. The number of carbonyl (C=O) groups excluding carboxylic acids is 1. The van der Waals surface area contributed by atoms with Crippen molar-refractivity contribution in [1.29, 1.82) is 0 Å². The van der Waals surface area contributed by atoms with Crippen molar-refractivity contribution < 1.29 is 9.90 Å². The first-order valence-electron chi connectivity index (χ1n) is 5.65. The predicted molar refractivity (Wildman–Crippen MR) is 70.2 cm³/mol. The fourth-order valence-corrected chi connectivity index (χ4v) is 1.76. The van der Waals surface area contributed by atoms with Gasteiger partial charge in [-0.05, 0) is 19.1 Å². The monoisotopic (exact) mass is 245 g/mol. The number of para-hydroxylation sites is 1. The van der Waals surface area contributed by atoms with Crippen molar-refractivity contribution in [2.75, 3.05) is 11.9 Å². The van der Waals surface area contributed by atoms with Crippen LogP contribution in [0, 0.1) is 6.92 Å². The van der Waals surface area contributed by atoms with Crippen LogP contribution in [0.1, 0.15) is 5.69 Å². The summed E-state index contributed by atoms with van der Waals surface area (Å²) in [6.45, 7) is 1.98. The Balaban J connectivity index is 2.29. The maximum absolute atomic E-state index is 10.8. The zero-order chi connectivity index (χ0) is 13.1. The number of primary amides is 1. The van der Waals surface area contributed by atoms with E-state index in [-0.39, 0.29) is 6.54 Å². The average Bonchev–Trinajstić information content (AvgIpc) is 2.35. The first-order chi connectivity index (χ1) is 8.58. The molecule has 2 rings (SSSR count). The number of nitrogens with zero attached hydrogens (tertiary/aromatic N) is 1. The zero-order valence-corrected chi connectivity index (χ0v) is 10.1. The molecule has 0 bridgehead atoms. The quantitative estimate of drug-likeness (QED) is 0.743. The molecule has 0 radical (unpaired) electrons. The van der Waals surface area contributed by atoms with Crippen LogP contribution in [-0.4, -0.2) is 28.6 Å². The van der Waals surface area contributed by atoms with E-state index in [1.165, 1.54) is 0 Å². The van der Waals surface area contributed by atoms with Crippen LogP contribution in [0.3, 0.4) is 0 Å². The van der Waals surface area contributed by atoms with Crippen LogP contribution >= 0.6 is 0 Å². The van der Waals surface area contributed by atoms with Gasteiger partial charge < -0.3 is 16.2 Å². The number of nitrogens with one attached hydrogen (secondary N) is 1. The average molecular weight is 245 g/mol. The number of hydrogen-bond donors (Lipinski definition) is 3. The van der Waals surface area contributed by atoms with Crippen molar-refractivity contribution in [3.63, 3.8) is 0 Å². The van der Waals surface area contributed by atoms with Gasteiger partial charge in [0.1, 0.15) is 6.10 Å². The van der Waals surface area contributed by atoms with Crippen LogP contribution in [0.2, 0.25) is 0 Å². The molecule has 0 fully saturated rings. The van der Waals surface area contributed by atoms with E-state index >= 15 is 0 Å².